The SMILES string of the molecule is CCNC(=NCC(O)c1ccncc1)N1CCOC(c2ccccc2C)C1.I. The van der Waals surface area contributed by atoms with Crippen LogP contribution in [0.3, 0.4) is 0 Å². The molecule has 7 heteroatoms. The van der Waals surface area contributed by atoms with Crippen LogP contribution >= 0.6 is 24.0 Å². The van der Waals surface area contributed by atoms with E-state index in [4.69, 9.17) is 4.74 Å². The van der Waals surface area contributed by atoms with Gasteiger partial charge in [-0.25, -0.2) is 0 Å². The molecule has 0 spiro atoms. The smallest absolute Gasteiger partial charge is 0.194 e. The number of morpholine rings is 1. The number of aliphatic hydroxyl groups is 1. The molecule has 1 aromatic heterocycles. The van der Waals surface area contributed by atoms with Crippen molar-refractivity contribution >= 4 is 29.9 Å². The third-order valence-corrected chi connectivity index (χ3v) is 4.74. The summed E-state index contributed by atoms with van der Waals surface area (Å²) in [4.78, 5) is 10.9. The number of benzene rings is 1. The number of ether oxygens (including phenoxy) is 1. The zero-order valence-electron chi connectivity index (χ0n) is 16.4. The molecule has 1 fully saturated rings. The average Bonchev–Trinajstić information content (AvgIpc) is 2.72. The van der Waals surface area contributed by atoms with Gasteiger partial charge in [-0.15, -0.1) is 24.0 Å². The monoisotopic (exact) mass is 496 g/mol. The summed E-state index contributed by atoms with van der Waals surface area (Å²) in [5.74, 6) is 0.812. The van der Waals surface area contributed by atoms with E-state index in [0.717, 1.165) is 31.2 Å². The fourth-order valence-corrected chi connectivity index (χ4v) is 3.27. The third-order valence-electron chi connectivity index (χ3n) is 4.74. The Morgan fingerprint density at radius 2 is 2.07 bits per heavy atom. The molecule has 2 atom stereocenters. The average molecular weight is 496 g/mol. The predicted molar refractivity (Wildman–Crippen MR) is 122 cm³/mol. The van der Waals surface area contributed by atoms with E-state index in [0.29, 0.717) is 13.2 Å². The molecule has 0 aliphatic carbocycles. The second-order valence-electron chi connectivity index (χ2n) is 6.65. The highest BCUT2D eigenvalue weighted by Crippen LogP contribution is 2.25. The molecule has 0 bridgehead atoms. The summed E-state index contributed by atoms with van der Waals surface area (Å²) in [5, 5.41) is 13.7. The fourth-order valence-electron chi connectivity index (χ4n) is 3.27. The number of aliphatic imine (C=N–C) groups is 1. The number of nitrogens with one attached hydrogen (secondary N) is 1. The lowest BCUT2D eigenvalue weighted by Crippen LogP contribution is -2.48. The van der Waals surface area contributed by atoms with Gasteiger partial charge < -0.3 is 20.1 Å². The molecule has 6 nitrogen and oxygen atoms in total. The Labute approximate surface area is 184 Å². The van der Waals surface area contributed by atoms with Gasteiger partial charge in [0.15, 0.2) is 5.96 Å². The Hall–Kier alpha value is -1.71. The lowest BCUT2D eigenvalue weighted by atomic mass is 10.0. The number of aliphatic hydroxyl groups excluding tert-OH is 1. The van der Waals surface area contributed by atoms with Crippen molar-refractivity contribution in [1.29, 1.82) is 0 Å². The van der Waals surface area contributed by atoms with Gasteiger partial charge in [-0.3, -0.25) is 9.98 Å². The zero-order valence-corrected chi connectivity index (χ0v) is 18.7. The quantitative estimate of drug-likeness (QED) is 0.379. The van der Waals surface area contributed by atoms with Crippen LogP contribution in [-0.4, -0.2) is 53.7 Å². The Balaban J connectivity index is 0.00000280. The van der Waals surface area contributed by atoms with E-state index in [2.05, 4.69) is 45.3 Å². The van der Waals surface area contributed by atoms with Gasteiger partial charge in [-0.1, -0.05) is 24.3 Å². The summed E-state index contributed by atoms with van der Waals surface area (Å²) >= 11 is 0. The molecular formula is C21H29IN4O2. The third kappa shape index (κ3) is 5.89. The van der Waals surface area contributed by atoms with Crippen LogP contribution in [0.1, 0.15) is 35.8 Å². The molecule has 1 aliphatic rings. The molecule has 0 saturated carbocycles. The molecule has 28 heavy (non-hydrogen) atoms. The molecule has 2 heterocycles. The van der Waals surface area contributed by atoms with Crippen LogP contribution in [0.25, 0.3) is 0 Å². The largest absolute Gasteiger partial charge is 0.386 e. The molecular weight excluding hydrogens is 467 g/mol. The Bertz CT molecular complexity index is 757. The van der Waals surface area contributed by atoms with E-state index in [1.165, 1.54) is 11.1 Å². The van der Waals surface area contributed by atoms with Crippen LogP contribution in [-0.2, 0) is 4.74 Å². The summed E-state index contributed by atoms with van der Waals surface area (Å²) in [7, 11) is 0. The van der Waals surface area contributed by atoms with Gasteiger partial charge in [0.2, 0.25) is 0 Å². The summed E-state index contributed by atoms with van der Waals surface area (Å²) in [6, 6.07) is 12.0. The molecule has 152 valence electrons. The van der Waals surface area contributed by atoms with Gasteiger partial charge >= 0.3 is 0 Å². The van der Waals surface area contributed by atoms with E-state index in [1.54, 1.807) is 12.4 Å². The van der Waals surface area contributed by atoms with Crippen molar-refractivity contribution in [2.45, 2.75) is 26.1 Å². The first kappa shape index (κ1) is 22.6. The number of nitrogens with zero attached hydrogens (tertiary/aromatic N) is 3. The maximum absolute atomic E-state index is 10.4. The highest BCUT2D eigenvalue weighted by molar-refractivity contribution is 14.0. The first-order valence-corrected chi connectivity index (χ1v) is 9.47. The normalized spacial score (nSPS) is 18.3. The van der Waals surface area contributed by atoms with Crippen LogP contribution in [0.4, 0.5) is 0 Å². The second-order valence-corrected chi connectivity index (χ2v) is 6.65. The second kappa shape index (κ2) is 11.3. The van der Waals surface area contributed by atoms with Crippen LogP contribution in [0, 0.1) is 6.92 Å². The lowest BCUT2D eigenvalue weighted by Gasteiger charge is -2.36. The Morgan fingerprint density at radius 1 is 1.32 bits per heavy atom. The Kier molecular flexibility index (Phi) is 9.14. The maximum Gasteiger partial charge on any atom is 0.194 e. The summed E-state index contributed by atoms with van der Waals surface area (Å²) in [5.41, 5.74) is 3.28. The minimum atomic E-state index is -0.644. The van der Waals surface area contributed by atoms with E-state index in [9.17, 15) is 5.11 Å². The number of aryl methyl sites for hydroxylation is 1. The molecule has 1 saturated heterocycles. The predicted octanol–water partition coefficient (Wildman–Crippen LogP) is 3.08. The van der Waals surface area contributed by atoms with E-state index >= 15 is 0 Å². The molecule has 2 aromatic rings. The van der Waals surface area contributed by atoms with Gasteiger partial charge in [-0.2, -0.15) is 0 Å². The number of guanidine groups is 1. The van der Waals surface area contributed by atoms with Crippen molar-refractivity contribution in [1.82, 2.24) is 15.2 Å². The van der Waals surface area contributed by atoms with Gasteiger partial charge in [0, 0.05) is 25.5 Å². The topological polar surface area (TPSA) is 70.0 Å². The summed E-state index contributed by atoms with van der Waals surface area (Å²) in [6.07, 6.45) is 2.74. The van der Waals surface area contributed by atoms with Crippen molar-refractivity contribution in [3.8, 4) is 0 Å². The first-order chi connectivity index (χ1) is 13.2. The molecule has 0 amide bonds. The first-order valence-electron chi connectivity index (χ1n) is 9.47. The van der Waals surface area contributed by atoms with Gasteiger partial charge in [0.1, 0.15) is 6.10 Å². The summed E-state index contributed by atoms with van der Waals surface area (Å²) in [6.45, 7) is 7.41. The number of halogens is 1. The highest BCUT2D eigenvalue weighted by atomic mass is 127. The lowest BCUT2D eigenvalue weighted by molar-refractivity contribution is -0.00839. The number of pyridine rings is 1. The number of rotatable bonds is 5. The number of hydrogen-bond acceptors (Lipinski definition) is 4. The van der Waals surface area contributed by atoms with Crippen molar-refractivity contribution in [2.75, 3.05) is 32.8 Å². The van der Waals surface area contributed by atoms with Gasteiger partial charge in [0.05, 0.1) is 25.8 Å². The van der Waals surface area contributed by atoms with Crippen LogP contribution in [0.2, 0.25) is 0 Å². The van der Waals surface area contributed by atoms with Crippen molar-refractivity contribution in [3.63, 3.8) is 0 Å². The van der Waals surface area contributed by atoms with Crippen molar-refractivity contribution in [3.05, 3.63) is 65.5 Å². The molecule has 2 N–H and O–H groups in total. The highest BCUT2D eigenvalue weighted by Gasteiger charge is 2.25. The Morgan fingerprint density at radius 3 is 2.79 bits per heavy atom. The number of aromatic nitrogens is 1. The number of hydrogen-bond donors (Lipinski definition) is 2. The minimum Gasteiger partial charge on any atom is -0.386 e. The maximum atomic E-state index is 10.4. The molecule has 3 rings (SSSR count). The standard InChI is InChI=1S/C21H28N4O2.HI/c1-3-23-21(24-14-19(26)17-8-10-22-11-9-17)25-12-13-27-20(15-25)18-7-5-4-6-16(18)2;/h4-11,19-20,26H,3,12-15H2,1-2H3,(H,23,24);1H. The van der Waals surface area contributed by atoms with Crippen molar-refractivity contribution in [2.24, 2.45) is 4.99 Å². The fraction of sp³-hybridized carbons (Fsp3) is 0.429. The molecule has 1 aliphatic heterocycles. The zero-order chi connectivity index (χ0) is 19.1. The van der Waals surface area contributed by atoms with Crippen LogP contribution in [0.5, 0.6) is 0 Å². The van der Waals surface area contributed by atoms with Gasteiger partial charge in [0.25, 0.3) is 0 Å². The van der Waals surface area contributed by atoms with E-state index in [1.807, 2.05) is 25.1 Å². The summed E-state index contributed by atoms with van der Waals surface area (Å²) < 4.78 is 6.02. The van der Waals surface area contributed by atoms with Gasteiger partial charge in [-0.05, 0) is 42.7 Å². The molecule has 0 radical (unpaired) electrons. The van der Waals surface area contributed by atoms with Crippen LogP contribution in [0.15, 0.2) is 53.8 Å². The molecule has 2 unspecified atom stereocenters. The molecule has 1 aromatic carbocycles. The van der Waals surface area contributed by atoms with E-state index in [-0.39, 0.29) is 30.1 Å². The van der Waals surface area contributed by atoms with Crippen molar-refractivity contribution < 1.29 is 9.84 Å². The minimum absolute atomic E-state index is 0. The van der Waals surface area contributed by atoms with Crippen LogP contribution < -0.4 is 5.32 Å². The van der Waals surface area contributed by atoms with E-state index < -0.39 is 6.10 Å².